The summed E-state index contributed by atoms with van der Waals surface area (Å²) < 4.78 is 5.64. The second kappa shape index (κ2) is 4.19. The Bertz CT molecular complexity index is 345. The fourth-order valence-electron chi connectivity index (χ4n) is 2.58. The lowest BCUT2D eigenvalue weighted by Crippen LogP contribution is -2.47. The molecule has 0 bridgehead atoms. The molecule has 1 aromatic carbocycles. The lowest BCUT2D eigenvalue weighted by Gasteiger charge is -2.41. The standard InChI is InChI=1S/C14H20O2/c1-13(2)11-14(15,8-9-16-13)10-12-6-4-3-5-7-12/h3-7,15H,8-11H2,1-2H3. The van der Waals surface area contributed by atoms with Crippen LogP contribution >= 0.6 is 0 Å². The van der Waals surface area contributed by atoms with Gasteiger partial charge in [-0.2, -0.15) is 0 Å². The van der Waals surface area contributed by atoms with Gasteiger partial charge in [-0.25, -0.2) is 0 Å². The number of hydrogen-bond donors (Lipinski definition) is 1. The Morgan fingerprint density at radius 1 is 1.25 bits per heavy atom. The molecule has 1 N–H and O–H groups in total. The topological polar surface area (TPSA) is 29.5 Å². The molecule has 0 radical (unpaired) electrons. The summed E-state index contributed by atoms with van der Waals surface area (Å²) in [6.45, 7) is 4.74. The first kappa shape index (κ1) is 11.6. The van der Waals surface area contributed by atoms with Crippen LogP contribution in [0.5, 0.6) is 0 Å². The van der Waals surface area contributed by atoms with E-state index in [1.165, 1.54) is 5.56 Å². The van der Waals surface area contributed by atoms with Crippen LogP contribution in [0.2, 0.25) is 0 Å². The Kier molecular flexibility index (Phi) is 3.04. The molecule has 1 saturated heterocycles. The molecule has 0 amide bonds. The van der Waals surface area contributed by atoms with Gasteiger partial charge >= 0.3 is 0 Å². The van der Waals surface area contributed by atoms with Crippen molar-refractivity contribution in [2.24, 2.45) is 0 Å². The van der Waals surface area contributed by atoms with Crippen LogP contribution in [0.25, 0.3) is 0 Å². The largest absolute Gasteiger partial charge is 0.389 e. The van der Waals surface area contributed by atoms with Gasteiger partial charge in [-0.15, -0.1) is 0 Å². The highest BCUT2D eigenvalue weighted by atomic mass is 16.5. The molecule has 2 rings (SSSR count). The normalized spacial score (nSPS) is 28.9. The fraction of sp³-hybridized carbons (Fsp3) is 0.571. The van der Waals surface area contributed by atoms with E-state index < -0.39 is 5.60 Å². The maximum absolute atomic E-state index is 10.6. The van der Waals surface area contributed by atoms with E-state index in [1.807, 2.05) is 32.0 Å². The molecule has 1 aliphatic heterocycles. The third kappa shape index (κ3) is 2.83. The Hall–Kier alpha value is -0.860. The van der Waals surface area contributed by atoms with E-state index in [9.17, 15) is 5.11 Å². The van der Waals surface area contributed by atoms with E-state index in [0.717, 1.165) is 12.8 Å². The molecule has 2 nitrogen and oxygen atoms in total. The van der Waals surface area contributed by atoms with E-state index in [0.29, 0.717) is 13.0 Å². The van der Waals surface area contributed by atoms with Crippen LogP contribution in [0.3, 0.4) is 0 Å². The molecule has 0 spiro atoms. The van der Waals surface area contributed by atoms with Gasteiger partial charge in [-0.1, -0.05) is 30.3 Å². The first-order valence-electron chi connectivity index (χ1n) is 5.89. The molecule has 16 heavy (non-hydrogen) atoms. The van der Waals surface area contributed by atoms with Crippen molar-refractivity contribution < 1.29 is 9.84 Å². The van der Waals surface area contributed by atoms with Crippen molar-refractivity contribution in [2.75, 3.05) is 6.61 Å². The fourth-order valence-corrected chi connectivity index (χ4v) is 2.58. The van der Waals surface area contributed by atoms with Gasteiger partial charge in [0.1, 0.15) is 0 Å². The van der Waals surface area contributed by atoms with E-state index in [2.05, 4.69) is 12.1 Å². The summed E-state index contributed by atoms with van der Waals surface area (Å²) in [5.41, 5.74) is 0.382. The Labute approximate surface area is 97.3 Å². The van der Waals surface area contributed by atoms with Gasteiger partial charge in [0, 0.05) is 12.8 Å². The molecule has 1 unspecified atom stereocenters. The highest BCUT2D eigenvalue weighted by Gasteiger charge is 2.39. The molecular formula is C14H20O2. The summed E-state index contributed by atoms with van der Waals surface area (Å²) in [6, 6.07) is 10.2. The highest BCUT2D eigenvalue weighted by molar-refractivity contribution is 5.17. The Morgan fingerprint density at radius 2 is 1.94 bits per heavy atom. The summed E-state index contributed by atoms with van der Waals surface area (Å²) in [5.74, 6) is 0. The molecule has 1 fully saturated rings. The van der Waals surface area contributed by atoms with E-state index in [-0.39, 0.29) is 5.60 Å². The quantitative estimate of drug-likeness (QED) is 0.830. The molecule has 1 aliphatic rings. The maximum atomic E-state index is 10.6. The van der Waals surface area contributed by atoms with Crippen molar-refractivity contribution in [1.29, 1.82) is 0 Å². The van der Waals surface area contributed by atoms with Crippen molar-refractivity contribution in [2.45, 2.75) is 44.3 Å². The lowest BCUT2D eigenvalue weighted by atomic mass is 9.80. The second-order valence-corrected chi connectivity index (χ2v) is 5.42. The monoisotopic (exact) mass is 220 g/mol. The number of rotatable bonds is 2. The lowest BCUT2D eigenvalue weighted by molar-refractivity contribution is -0.143. The zero-order valence-electron chi connectivity index (χ0n) is 10.1. The molecule has 0 aliphatic carbocycles. The van der Waals surface area contributed by atoms with Crippen LogP contribution < -0.4 is 0 Å². The summed E-state index contributed by atoms with van der Waals surface area (Å²) in [7, 11) is 0. The van der Waals surface area contributed by atoms with Crippen LogP contribution in [-0.2, 0) is 11.2 Å². The van der Waals surface area contributed by atoms with Gasteiger partial charge in [-0.05, 0) is 25.8 Å². The number of hydrogen-bond acceptors (Lipinski definition) is 2. The zero-order chi connectivity index (χ0) is 11.6. The molecule has 0 saturated carbocycles. The van der Waals surface area contributed by atoms with Crippen LogP contribution in [0.4, 0.5) is 0 Å². The Morgan fingerprint density at radius 3 is 2.56 bits per heavy atom. The summed E-state index contributed by atoms with van der Waals surface area (Å²) in [5, 5.41) is 10.6. The van der Waals surface area contributed by atoms with E-state index >= 15 is 0 Å². The first-order valence-corrected chi connectivity index (χ1v) is 5.89. The van der Waals surface area contributed by atoms with Crippen molar-refractivity contribution in [1.82, 2.24) is 0 Å². The van der Waals surface area contributed by atoms with Crippen molar-refractivity contribution in [3.05, 3.63) is 35.9 Å². The van der Waals surface area contributed by atoms with Crippen LogP contribution in [0.1, 0.15) is 32.3 Å². The Balaban J connectivity index is 2.08. The molecule has 88 valence electrons. The van der Waals surface area contributed by atoms with Crippen LogP contribution in [-0.4, -0.2) is 22.9 Å². The van der Waals surface area contributed by atoms with Gasteiger partial charge in [0.05, 0.1) is 17.8 Å². The van der Waals surface area contributed by atoms with Gasteiger partial charge in [0.15, 0.2) is 0 Å². The molecule has 0 aromatic heterocycles. The van der Waals surface area contributed by atoms with Crippen molar-refractivity contribution >= 4 is 0 Å². The van der Waals surface area contributed by atoms with Crippen LogP contribution in [0, 0.1) is 0 Å². The average Bonchev–Trinajstić information content (AvgIpc) is 2.16. The van der Waals surface area contributed by atoms with Gasteiger partial charge in [-0.3, -0.25) is 0 Å². The second-order valence-electron chi connectivity index (χ2n) is 5.42. The van der Waals surface area contributed by atoms with E-state index in [4.69, 9.17) is 4.74 Å². The van der Waals surface area contributed by atoms with E-state index in [1.54, 1.807) is 0 Å². The minimum absolute atomic E-state index is 0.207. The number of ether oxygens (including phenoxy) is 1. The van der Waals surface area contributed by atoms with Crippen molar-refractivity contribution in [3.8, 4) is 0 Å². The first-order chi connectivity index (χ1) is 7.49. The van der Waals surface area contributed by atoms with Crippen LogP contribution in [0.15, 0.2) is 30.3 Å². The molecule has 1 heterocycles. The third-order valence-electron chi connectivity index (χ3n) is 3.19. The predicted octanol–water partition coefficient (Wildman–Crippen LogP) is 2.55. The SMILES string of the molecule is CC1(C)CC(O)(Cc2ccccc2)CCO1. The molecule has 1 atom stereocenters. The highest BCUT2D eigenvalue weighted by Crippen LogP contribution is 2.34. The third-order valence-corrected chi connectivity index (χ3v) is 3.19. The number of aliphatic hydroxyl groups is 1. The summed E-state index contributed by atoms with van der Waals surface area (Å²) in [6.07, 6.45) is 2.15. The van der Waals surface area contributed by atoms with Crippen molar-refractivity contribution in [3.63, 3.8) is 0 Å². The minimum atomic E-state index is -0.608. The predicted molar refractivity (Wildman–Crippen MR) is 64.4 cm³/mol. The molecule has 1 aromatic rings. The summed E-state index contributed by atoms with van der Waals surface area (Å²) >= 11 is 0. The van der Waals surface area contributed by atoms with Gasteiger partial charge < -0.3 is 9.84 Å². The summed E-state index contributed by atoms with van der Waals surface area (Å²) in [4.78, 5) is 0. The maximum Gasteiger partial charge on any atom is 0.0737 e. The zero-order valence-corrected chi connectivity index (χ0v) is 10.1. The molecule has 2 heteroatoms. The smallest absolute Gasteiger partial charge is 0.0737 e. The van der Waals surface area contributed by atoms with Gasteiger partial charge in [0.25, 0.3) is 0 Å². The molecular weight excluding hydrogens is 200 g/mol. The van der Waals surface area contributed by atoms with Gasteiger partial charge in [0.2, 0.25) is 0 Å². The minimum Gasteiger partial charge on any atom is -0.389 e. The average molecular weight is 220 g/mol. The number of benzene rings is 1.